The van der Waals surface area contributed by atoms with Crippen LogP contribution < -0.4 is 5.32 Å². The van der Waals surface area contributed by atoms with Crippen LogP contribution in [-0.2, 0) is 35.6 Å². The number of fused-ring (bicyclic) bond motifs is 2. The van der Waals surface area contributed by atoms with Gasteiger partial charge in [-0.25, -0.2) is 0 Å². The molecule has 1 aromatic heterocycles. The van der Waals surface area contributed by atoms with Gasteiger partial charge in [0.05, 0.1) is 25.6 Å². The summed E-state index contributed by atoms with van der Waals surface area (Å²) in [6, 6.07) is 9.70. The third-order valence-corrected chi connectivity index (χ3v) is 6.72. The van der Waals surface area contributed by atoms with Crippen molar-refractivity contribution in [3.05, 3.63) is 87.9 Å². The number of rotatable bonds is 7. The third kappa shape index (κ3) is 5.10. The maximum atomic E-state index is 13.1. The van der Waals surface area contributed by atoms with Crippen LogP contribution in [0.3, 0.4) is 0 Å². The summed E-state index contributed by atoms with van der Waals surface area (Å²) in [5, 5.41) is 17.5. The van der Waals surface area contributed by atoms with E-state index in [1.165, 1.54) is 0 Å². The van der Waals surface area contributed by atoms with Crippen LogP contribution in [0.2, 0.25) is 0 Å². The van der Waals surface area contributed by atoms with Gasteiger partial charge >= 0.3 is 0 Å². The van der Waals surface area contributed by atoms with E-state index >= 15 is 0 Å². The smallest absolute Gasteiger partial charge is 0.272 e. The Morgan fingerprint density at radius 1 is 1.29 bits per heavy atom. The molecule has 3 aliphatic rings. The quantitative estimate of drug-likeness (QED) is 0.613. The van der Waals surface area contributed by atoms with E-state index < -0.39 is 0 Å². The highest BCUT2D eigenvalue weighted by Crippen LogP contribution is 2.30. The largest absolute Gasteiger partial charge is 0.488 e. The molecule has 0 saturated carbocycles. The summed E-state index contributed by atoms with van der Waals surface area (Å²) in [6.07, 6.45) is 7.18. The van der Waals surface area contributed by atoms with Crippen LogP contribution in [0.25, 0.3) is 0 Å². The molecule has 0 spiro atoms. The Morgan fingerprint density at radius 2 is 2.11 bits per heavy atom. The summed E-state index contributed by atoms with van der Waals surface area (Å²) in [4.78, 5) is 27.8. The Morgan fingerprint density at radius 3 is 2.91 bits per heavy atom. The molecular weight excluding hydrogens is 468 g/mol. The summed E-state index contributed by atoms with van der Waals surface area (Å²) < 4.78 is 7.82. The topological polar surface area (TPSA) is 96.7 Å². The molecule has 5 rings (SSSR count). The highest BCUT2D eigenvalue weighted by Gasteiger charge is 2.34. The Balaban J connectivity index is 1.31. The molecule has 2 atom stereocenters. The molecule has 3 heterocycles. The van der Waals surface area contributed by atoms with Gasteiger partial charge in [0, 0.05) is 48.4 Å². The molecule has 1 aromatic carbocycles. The number of aromatic nitrogens is 2. The molecule has 9 heteroatoms. The minimum absolute atomic E-state index is 0.0202. The van der Waals surface area contributed by atoms with Gasteiger partial charge in [0.15, 0.2) is 11.5 Å². The standard InChI is InChI=1S/C26H27ClN4O4/c27-18-6-7-24-20(12-18)23(33)13-19(35-24)15-30-9-8-22-21(16-30)25(29-31(22)10-11-32)26(34)28-14-17-4-2-1-3-5-17/h1-7,12-13,20,24,32H,8-11,14-16H2,(H,28,34). The molecule has 35 heavy (non-hydrogen) atoms. The van der Waals surface area contributed by atoms with E-state index in [0.29, 0.717) is 49.1 Å². The van der Waals surface area contributed by atoms with E-state index in [4.69, 9.17) is 16.3 Å². The number of hydrogen-bond donors (Lipinski definition) is 2. The molecule has 1 amide bonds. The van der Waals surface area contributed by atoms with Crippen LogP contribution in [0.1, 0.15) is 27.3 Å². The number of hydrogen-bond acceptors (Lipinski definition) is 6. The van der Waals surface area contributed by atoms with E-state index in [0.717, 1.165) is 23.4 Å². The Kier molecular flexibility index (Phi) is 6.86. The first-order valence-electron chi connectivity index (χ1n) is 11.7. The summed E-state index contributed by atoms with van der Waals surface area (Å²) in [6.45, 7) is 2.36. The maximum Gasteiger partial charge on any atom is 0.272 e. The van der Waals surface area contributed by atoms with Crippen molar-refractivity contribution in [2.24, 2.45) is 5.92 Å². The molecule has 2 unspecified atom stereocenters. The first kappa shape index (κ1) is 23.5. The molecule has 2 aliphatic heterocycles. The molecule has 2 N–H and O–H groups in total. The van der Waals surface area contributed by atoms with Crippen LogP contribution in [0.5, 0.6) is 0 Å². The van der Waals surface area contributed by atoms with Gasteiger partial charge in [0.1, 0.15) is 11.9 Å². The zero-order valence-electron chi connectivity index (χ0n) is 19.2. The van der Waals surface area contributed by atoms with Gasteiger partial charge in [-0.1, -0.05) is 48.0 Å². The number of halogens is 1. The van der Waals surface area contributed by atoms with Gasteiger partial charge in [0.25, 0.3) is 5.91 Å². The maximum absolute atomic E-state index is 13.1. The summed E-state index contributed by atoms with van der Waals surface area (Å²) in [7, 11) is 0. The Hall–Kier alpha value is -3.20. The SMILES string of the molecule is O=C(NCc1ccccc1)c1nn(CCO)c2c1CN(CC1=CC(=O)C3C=C(Cl)C=CC3O1)CC2. The fourth-order valence-electron chi connectivity index (χ4n) is 4.76. The number of ether oxygens (including phenoxy) is 1. The second kappa shape index (κ2) is 10.2. The highest BCUT2D eigenvalue weighted by atomic mass is 35.5. The highest BCUT2D eigenvalue weighted by molar-refractivity contribution is 6.31. The van der Waals surface area contributed by atoms with E-state index in [9.17, 15) is 14.7 Å². The monoisotopic (exact) mass is 494 g/mol. The predicted octanol–water partition coefficient (Wildman–Crippen LogP) is 2.32. The van der Waals surface area contributed by atoms with Gasteiger partial charge < -0.3 is 15.2 Å². The minimum atomic E-state index is -0.388. The first-order chi connectivity index (χ1) is 17.0. The molecule has 0 bridgehead atoms. The normalized spacial score (nSPS) is 21.5. The molecule has 2 aromatic rings. The Bertz CT molecular complexity index is 1220. The number of aliphatic hydroxyl groups excluding tert-OH is 1. The number of nitrogens with zero attached hydrogens (tertiary/aromatic N) is 3. The number of carbonyl (C=O) groups excluding carboxylic acids is 2. The molecule has 1 aliphatic carbocycles. The first-order valence-corrected chi connectivity index (χ1v) is 12.1. The zero-order chi connectivity index (χ0) is 24.4. The van der Waals surface area contributed by atoms with Gasteiger partial charge in [-0.2, -0.15) is 5.10 Å². The number of ketones is 1. The van der Waals surface area contributed by atoms with E-state index in [-0.39, 0.29) is 30.3 Å². The average molecular weight is 495 g/mol. The van der Waals surface area contributed by atoms with E-state index in [2.05, 4.69) is 15.3 Å². The third-order valence-electron chi connectivity index (χ3n) is 6.47. The number of carbonyl (C=O) groups is 2. The van der Waals surface area contributed by atoms with Crippen molar-refractivity contribution < 1.29 is 19.4 Å². The molecule has 0 fully saturated rings. The molecule has 8 nitrogen and oxygen atoms in total. The van der Waals surface area contributed by atoms with Crippen molar-refractivity contribution in [3.8, 4) is 0 Å². The Labute approximate surface area is 208 Å². The van der Waals surface area contributed by atoms with E-state index in [1.807, 2.05) is 36.4 Å². The fourth-order valence-corrected chi connectivity index (χ4v) is 4.97. The van der Waals surface area contributed by atoms with Crippen LogP contribution in [0.4, 0.5) is 0 Å². The van der Waals surface area contributed by atoms with Crippen molar-refractivity contribution in [2.45, 2.75) is 32.2 Å². The number of aliphatic hydroxyl groups is 1. The fraction of sp³-hybridized carbons (Fsp3) is 0.346. The molecule has 182 valence electrons. The number of nitrogens with one attached hydrogen (secondary N) is 1. The van der Waals surface area contributed by atoms with Crippen LogP contribution in [-0.4, -0.2) is 57.3 Å². The van der Waals surface area contributed by atoms with Crippen molar-refractivity contribution >= 4 is 23.3 Å². The minimum Gasteiger partial charge on any atom is -0.488 e. The zero-order valence-corrected chi connectivity index (χ0v) is 19.9. The van der Waals surface area contributed by atoms with Crippen LogP contribution >= 0.6 is 11.6 Å². The number of benzene rings is 1. The van der Waals surface area contributed by atoms with Crippen molar-refractivity contribution in [3.63, 3.8) is 0 Å². The molecular formula is C26H27ClN4O4. The molecule has 0 radical (unpaired) electrons. The van der Waals surface area contributed by atoms with Gasteiger partial charge in [-0.15, -0.1) is 0 Å². The lowest BCUT2D eigenvalue weighted by molar-refractivity contribution is -0.121. The van der Waals surface area contributed by atoms with Crippen molar-refractivity contribution in [1.29, 1.82) is 0 Å². The summed E-state index contributed by atoms with van der Waals surface area (Å²) in [5.41, 5.74) is 3.19. The average Bonchev–Trinajstić information content (AvgIpc) is 3.22. The van der Waals surface area contributed by atoms with Crippen LogP contribution in [0.15, 0.2) is 65.4 Å². The second-order valence-corrected chi connectivity index (χ2v) is 9.32. The summed E-state index contributed by atoms with van der Waals surface area (Å²) >= 11 is 6.05. The summed E-state index contributed by atoms with van der Waals surface area (Å²) in [5.74, 6) is -0.0477. The lowest BCUT2D eigenvalue weighted by Crippen LogP contribution is -2.38. The number of amides is 1. The van der Waals surface area contributed by atoms with E-state index in [1.54, 1.807) is 22.9 Å². The van der Waals surface area contributed by atoms with Gasteiger partial charge in [0.2, 0.25) is 0 Å². The lowest BCUT2D eigenvalue weighted by Gasteiger charge is -2.33. The van der Waals surface area contributed by atoms with Gasteiger partial charge in [-0.3, -0.25) is 19.2 Å². The molecule has 0 saturated heterocycles. The van der Waals surface area contributed by atoms with Crippen molar-refractivity contribution in [1.82, 2.24) is 20.0 Å². The van der Waals surface area contributed by atoms with Crippen LogP contribution in [0, 0.1) is 5.92 Å². The predicted molar refractivity (Wildman–Crippen MR) is 130 cm³/mol. The number of allylic oxidation sites excluding steroid dienone is 3. The van der Waals surface area contributed by atoms with Gasteiger partial charge in [-0.05, 0) is 17.7 Å². The lowest BCUT2D eigenvalue weighted by atomic mass is 9.90. The second-order valence-electron chi connectivity index (χ2n) is 8.88. The van der Waals surface area contributed by atoms with Crippen molar-refractivity contribution in [2.75, 3.05) is 19.7 Å².